The minimum absolute atomic E-state index is 0.328. The maximum Gasteiger partial charge on any atom is 0.411 e. The third-order valence-electron chi connectivity index (χ3n) is 3.37. The van der Waals surface area contributed by atoms with Crippen LogP contribution < -0.4 is 0 Å². The highest BCUT2D eigenvalue weighted by molar-refractivity contribution is 5.91. The van der Waals surface area contributed by atoms with E-state index in [1.165, 1.54) is 4.90 Å². The van der Waals surface area contributed by atoms with Crippen LogP contribution in [-0.2, 0) is 19.1 Å². The van der Waals surface area contributed by atoms with Crippen molar-refractivity contribution in [1.29, 1.82) is 0 Å². The Kier molecular flexibility index (Phi) is 5.75. The lowest BCUT2D eigenvalue weighted by Gasteiger charge is -2.27. The van der Waals surface area contributed by atoms with Crippen LogP contribution >= 0.6 is 0 Å². The average molecular weight is 299 g/mol. The molecule has 6 nitrogen and oxygen atoms in total. The summed E-state index contributed by atoms with van der Waals surface area (Å²) in [5.41, 5.74) is -0.624. The molecule has 21 heavy (non-hydrogen) atoms. The summed E-state index contributed by atoms with van der Waals surface area (Å²) >= 11 is 0. The second-order valence-electron chi connectivity index (χ2n) is 6.38. The van der Waals surface area contributed by atoms with Gasteiger partial charge in [0.1, 0.15) is 11.6 Å². The van der Waals surface area contributed by atoms with Gasteiger partial charge in [-0.3, -0.25) is 9.69 Å². The lowest BCUT2D eigenvalue weighted by atomic mass is 10.1. The van der Waals surface area contributed by atoms with Crippen LogP contribution in [0.15, 0.2) is 0 Å². The number of hydrogen-bond donors (Lipinski definition) is 0. The lowest BCUT2D eigenvalue weighted by molar-refractivity contribution is -0.165. The number of amides is 1. The molecule has 0 aromatic heterocycles. The second-order valence-corrected chi connectivity index (χ2v) is 6.38. The average Bonchev–Trinajstić information content (AvgIpc) is 2.84. The van der Waals surface area contributed by atoms with E-state index in [1.807, 2.05) is 6.92 Å². The Morgan fingerprint density at radius 1 is 1.29 bits per heavy atom. The summed E-state index contributed by atoms with van der Waals surface area (Å²) < 4.78 is 10.1. The highest BCUT2D eigenvalue weighted by Gasteiger charge is 2.38. The first-order valence-corrected chi connectivity index (χ1v) is 7.41. The summed E-state index contributed by atoms with van der Waals surface area (Å²) in [6.07, 6.45) is 1.24. The molecule has 0 aromatic carbocycles. The molecule has 1 aliphatic rings. The molecule has 2 atom stereocenters. The van der Waals surface area contributed by atoms with E-state index in [2.05, 4.69) is 0 Å². The standard InChI is InChI=1S/C15H25NO5/c1-6-10(2)12(17)20-13(18)11-8-7-9-16(11)14(19)21-15(3,4)5/h10-11H,6-9H2,1-5H3/t10?,11-/m1/s1. The summed E-state index contributed by atoms with van der Waals surface area (Å²) in [5, 5.41) is 0. The first kappa shape index (κ1) is 17.5. The van der Waals surface area contributed by atoms with Gasteiger partial charge in [0.05, 0.1) is 5.92 Å². The van der Waals surface area contributed by atoms with Gasteiger partial charge in [0.2, 0.25) is 0 Å². The highest BCUT2D eigenvalue weighted by atomic mass is 16.6. The molecule has 0 bridgehead atoms. The normalized spacial score (nSPS) is 20.0. The number of esters is 2. The van der Waals surface area contributed by atoms with Gasteiger partial charge in [-0.25, -0.2) is 9.59 Å². The van der Waals surface area contributed by atoms with Crippen LogP contribution in [0.3, 0.4) is 0 Å². The first-order valence-electron chi connectivity index (χ1n) is 7.41. The van der Waals surface area contributed by atoms with Gasteiger partial charge in [-0.2, -0.15) is 0 Å². The summed E-state index contributed by atoms with van der Waals surface area (Å²) in [6.45, 7) is 9.28. The largest absolute Gasteiger partial charge is 0.444 e. The third-order valence-corrected chi connectivity index (χ3v) is 3.37. The molecule has 1 heterocycles. The number of nitrogens with zero attached hydrogens (tertiary/aromatic N) is 1. The molecule has 0 saturated carbocycles. The Morgan fingerprint density at radius 2 is 1.90 bits per heavy atom. The zero-order chi connectivity index (χ0) is 16.2. The highest BCUT2D eigenvalue weighted by Crippen LogP contribution is 2.22. The maximum absolute atomic E-state index is 12.1. The summed E-state index contributed by atoms with van der Waals surface area (Å²) in [5.74, 6) is -1.53. The van der Waals surface area contributed by atoms with Crippen LogP contribution in [0, 0.1) is 5.92 Å². The maximum atomic E-state index is 12.1. The van der Waals surface area contributed by atoms with Crippen molar-refractivity contribution >= 4 is 18.0 Å². The van der Waals surface area contributed by atoms with Gasteiger partial charge in [-0.05, 0) is 40.0 Å². The number of ether oxygens (including phenoxy) is 2. The van der Waals surface area contributed by atoms with Crippen LogP contribution in [0.25, 0.3) is 0 Å². The SMILES string of the molecule is CCC(C)C(=O)OC(=O)[C@H]1CCCN1C(=O)OC(C)(C)C. The van der Waals surface area contributed by atoms with E-state index in [0.717, 1.165) is 0 Å². The molecule has 0 N–H and O–H groups in total. The van der Waals surface area contributed by atoms with E-state index in [0.29, 0.717) is 25.8 Å². The molecule has 0 aromatic rings. The van der Waals surface area contributed by atoms with Crippen LogP contribution in [0.1, 0.15) is 53.9 Å². The van der Waals surface area contributed by atoms with Gasteiger partial charge in [-0.15, -0.1) is 0 Å². The molecule has 1 amide bonds. The van der Waals surface area contributed by atoms with Crippen molar-refractivity contribution in [3.8, 4) is 0 Å². The minimum Gasteiger partial charge on any atom is -0.444 e. The Morgan fingerprint density at radius 3 is 2.43 bits per heavy atom. The molecule has 1 saturated heterocycles. The van der Waals surface area contributed by atoms with E-state index in [-0.39, 0.29) is 5.92 Å². The molecule has 0 radical (unpaired) electrons. The van der Waals surface area contributed by atoms with Crippen molar-refractivity contribution in [1.82, 2.24) is 4.90 Å². The molecule has 0 aliphatic carbocycles. The van der Waals surface area contributed by atoms with Gasteiger partial charge < -0.3 is 9.47 Å². The smallest absolute Gasteiger partial charge is 0.411 e. The van der Waals surface area contributed by atoms with Crippen LogP contribution in [-0.4, -0.2) is 41.1 Å². The number of hydrogen-bond acceptors (Lipinski definition) is 5. The van der Waals surface area contributed by atoms with Crippen LogP contribution in [0.5, 0.6) is 0 Å². The van der Waals surface area contributed by atoms with Gasteiger partial charge >= 0.3 is 18.0 Å². The van der Waals surface area contributed by atoms with E-state index in [4.69, 9.17) is 9.47 Å². The molecule has 1 rings (SSSR count). The summed E-state index contributed by atoms with van der Waals surface area (Å²) in [7, 11) is 0. The Labute approximate surface area is 125 Å². The van der Waals surface area contributed by atoms with E-state index in [9.17, 15) is 14.4 Å². The topological polar surface area (TPSA) is 72.9 Å². The zero-order valence-electron chi connectivity index (χ0n) is 13.5. The van der Waals surface area contributed by atoms with E-state index >= 15 is 0 Å². The summed E-state index contributed by atoms with van der Waals surface area (Å²) in [6, 6.07) is -0.729. The van der Waals surface area contributed by atoms with Crippen molar-refractivity contribution in [3.05, 3.63) is 0 Å². The predicted octanol–water partition coefficient (Wildman–Crippen LogP) is 2.50. The van der Waals surface area contributed by atoms with Crippen molar-refractivity contribution in [3.63, 3.8) is 0 Å². The quantitative estimate of drug-likeness (QED) is 0.591. The lowest BCUT2D eigenvalue weighted by Crippen LogP contribution is -2.44. The second kappa shape index (κ2) is 6.91. The van der Waals surface area contributed by atoms with Crippen molar-refractivity contribution in [2.45, 2.75) is 65.5 Å². The Hall–Kier alpha value is -1.59. The van der Waals surface area contributed by atoms with E-state index in [1.54, 1.807) is 27.7 Å². The number of carbonyl (C=O) groups excluding carboxylic acids is 3. The van der Waals surface area contributed by atoms with Gasteiger partial charge in [0, 0.05) is 6.54 Å². The first-order chi connectivity index (χ1) is 9.65. The molecule has 1 aliphatic heterocycles. The Bertz CT molecular complexity index is 413. The summed E-state index contributed by atoms with van der Waals surface area (Å²) in [4.78, 5) is 37.1. The van der Waals surface area contributed by atoms with Gasteiger partial charge in [0.15, 0.2) is 0 Å². The monoisotopic (exact) mass is 299 g/mol. The zero-order valence-corrected chi connectivity index (χ0v) is 13.5. The van der Waals surface area contributed by atoms with Crippen molar-refractivity contribution < 1.29 is 23.9 Å². The predicted molar refractivity (Wildman–Crippen MR) is 76.5 cm³/mol. The fourth-order valence-electron chi connectivity index (χ4n) is 1.99. The Balaban J connectivity index is 2.66. The molecule has 0 spiro atoms. The van der Waals surface area contributed by atoms with Crippen molar-refractivity contribution in [2.75, 3.05) is 6.54 Å². The molecular formula is C15H25NO5. The number of carbonyl (C=O) groups is 3. The van der Waals surface area contributed by atoms with Crippen LogP contribution in [0.4, 0.5) is 4.79 Å². The molecule has 1 unspecified atom stereocenters. The number of rotatable bonds is 3. The molecule has 1 fully saturated rings. The van der Waals surface area contributed by atoms with Crippen molar-refractivity contribution in [2.24, 2.45) is 5.92 Å². The fraction of sp³-hybridized carbons (Fsp3) is 0.800. The van der Waals surface area contributed by atoms with Gasteiger partial charge in [0.25, 0.3) is 0 Å². The third kappa shape index (κ3) is 5.02. The molecule has 6 heteroatoms. The van der Waals surface area contributed by atoms with E-state index < -0.39 is 29.7 Å². The molecule has 120 valence electrons. The molecular weight excluding hydrogens is 274 g/mol. The number of likely N-dealkylation sites (tertiary alicyclic amines) is 1. The van der Waals surface area contributed by atoms with Gasteiger partial charge in [-0.1, -0.05) is 13.8 Å². The fourth-order valence-corrected chi connectivity index (χ4v) is 1.99. The van der Waals surface area contributed by atoms with Crippen LogP contribution in [0.2, 0.25) is 0 Å². The minimum atomic E-state index is -0.729.